The molecule has 0 aromatic carbocycles. The maximum absolute atomic E-state index is 12.4. The van der Waals surface area contributed by atoms with Gasteiger partial charge in [0.2, 0.25) is 11.8 Å². The Morgan fingerprint density at radius 3 is 2.44 bits per heavy atom. The van der Waals surface area contributed by atoms with Gasteiger partial charge in [0.25, 0.3) is 0 Å². The van der Waals surface area contributed by atoms with Crippen molar-refractivity contribution in [3.63, 3.8) is 0 Å². The molecule has 1 heterocycles. The number of carbonyl (C=O) groups is 2. The highest BCUT2D eigenvalue weighted by Gasteiger charge is 2.48. The number of hydrogen-bond donors (Lipinski definition) is 1. The Hall–Kier alpha value is -1.06. The summed E-state index contributed by atoms with van der Waals surface area (Å²) in [6.45, 7) is 6.96. The summed E-state index contributed by atoms with van der Waals surface area (Å²) in [7, 11) is 0. The van der Waals surface area contributed by atoms with Crippen LogP contribution in [0.2, 0.25) is 0 Å². The zero-order valence-corrected chi connectivity index (χ0v) is 11.7. The number of nitrogens with one attached hydrogen (secondary N) is 1. The van der Waals surface area contributed by atoms with E-state index in [2.05, 4.69) is 12.2 Å². The molecule has 102 valence electrons. The summed E-state index contributed by atoms with van der Waals surface area (Å²) in [4.78, 5) is 26.0. The topological polar surface area (TPSA) is 49.4 Å². The van der Waals surface area contributed by atoms with Crippen LogP contribution >= 0.6 is 0 Å². The molecule has 1 atom stereocenters. The molecule has 0 bridgehead atoms. The Labute approximate surface area is 109 Å². The van der Waals surface area contributed by atoms with Gasteiger partial charge in [-0.15, -0.1) is 0 Å². The van der Waals surface area contributed by atoms with E-state index in [1.807, 2.05) is 13.8 Å². The number of piperazine rings is 1. The number of hydrogen-bond acceptors (Lipinski definition) is 2. The number of rotatable bonds is 5. The maximum Gasteiger partial charge on any atom is 0.248 e. The summed E-state index contributed by atoms with van der Waals surface area (Å²) in [5.74, 6) is 0.0678. The van der Waals surface area contributed by atoms with Crippen molar-refractivity contribution in [2.24, 2.45) is 5.41 Å². The van der Waals surface area contributed by atoms with Crippen molar-refractivity contribution in [1.82, 2.24) is 10.2 Å². The monoisotopic (exact) mass is 252 g/mol. The summed E-state index contributed by atoms with van der Waals surface area (Å²) in [6, 6.07) is 0. The van der Waals surface area contributed by atoms with Gasteiger partial charge in [0, 0.05) is 6.54 Å². The second kappa shape index (κ2) is 4.56. The third-order valence-electron chi connectivity index (χ3n) is 4.48. The van der Waals surface area contributed by atoms with Crippen LogP contribution in [-0.2, 0) is 9.59 Å². The molecule has 2 amide bonds. The summed E-state index contributed by atoms with van der Waals surface area (Å²) >= 11 is 0. The minimum absolute atomic E-state index is 0.0220. The molecule has 4 nitrogen and oxygen atoms in total. The molecule has 18 heavy (non-hydrogen) atoms. The lowest BCUT2D eigenvalue weighted by molar-refractivity contribution is -0.150. The first-order chi connectivity index (χ1) is 8.45. The predicted molar refractivity (Wildman–Crippen MR) is 70.0 cm³/mol. The van der Waals surface area contributed by atoms with Crippen molar-refractivity contribution in [2.75, 3.05) is 13.1 Å². The summed E-state index contributed by atoms with van der Waals surface area (Å²) in [5.41, 5.74) is -0.381. The standard InChI is InChI=1S/C14H24N2O2/c1-4-6-14(7-8-14)10-16-9-11(17)15-13(3,5-2)12(16)18/h4-10H2,1-3H3,(H,15,17). The molecular weight excluding hydrogens is 228 g/mol. The van der Waals surface area contributed by atoms with E-state index in [-0.39, 0.29) is 18.4 Å². The van der Waals surface area contributed by atoms with Gasteiger partial charge in [-0.05, 0) is 38.0 Å². The normalized spacial score (nSPS) is 30.3. The van der Waals surface area contributed by atoms with E-state index in [4.69, 9.17) is 0 Å². The number of amides is 2. The Kier molecular flexibility index (Phi) is 3.39. The van der Waals surface area contributed by atoms with Crippen molar-refractivity contribution in [1.29, 1.82) is 0 Å². The van der Waals surface area contributed by atoms with Gasteiger partial charge >= 0.3 is 0 Å². The molecule has 0 spiro atoms. The predicted octanol–water partition coefficient (Wildman–Crippen LogP) is 1.69. The van der Waals surface area contributed by atoms with Crippen LogP contribution in [0.4, 0.5) is 0 Å². The van der Waals surface area contributed by atoms with E-state index in [0.717, 1.165) is 13.0 Å². The Balaban J connectivity index is 2.08. The van der Waals surface area contributed by atoms with Gasteiger partial charge in [-0.25, -0.2) is 0 Å². The molecule has 0 aromatic rings. The average molecular weight is 252 g/mol. The fraction of sp³-hybridized carbons (Fsp3) is 0.857. The van der Waals surface area contributed by atoms with E-state index in [0.29, 0.717) is 11.8 Å². The van der Waals surface area contributed by atoms with Gasteiger partial charge < -0.3 is 10.2 Å². The highest BCUT2D eigenvalue weighted by Crippen LogP contribution is 2.50. The lowest BCUT2D eigenvalue weighted by atomic mass is 9.92. The van der Waals surface area contributed by atoms with Gasteiger partial charge in [-0.2, -0.15) is 0 Å². The fourth-order valence-electron chi connectivity index (χ4n) is 2.96. The van der Waals surface area contributed by atoms with Crippen LogP contribution in [-0.4, -0.2) is 35.3 Å². The summed E-state index contributed by atoms with van der Waals surface area (Å²) in [6.07, 6.45) is 5.37. The van der Waals surface area contributed by atoms with E-state index >= 15 is 0 Å². The lowest BCUT2D eigenvalue weighted by Crippen LogP contribution is -2.65. The van der Waals surface area contributed by atoms with Gasteiger partial charge in [0.1, 0.15) is 5.54 Å². The van der Waals surface area contributed by atoms with E-state index < -0.39 is 5.54 Å². The minimum atomic E-state index is -0.697. The van der Waals surface area contributed by atoms with Crippen LogP contribution in [0.1, 0.15) is 52.9 Å². The van der Waals surface area contributed by atoms with E-state index in [1.54, 1.807) is 4.90 Å². The van der Waals surface area contributed by atoms with Crippen LogP contribution < -0.4 is 5.32 Å². The van der Waals surface area contributed by atoms with E-state index in [9.17, 15) is 9.59 Å². The number of carbonyl (C=O) groups excluding carboxylic acids is 2. The Bertz CT molecular complexity index is 363. The highest BCUT2D eigenvalue weighted by molar-refractivity contribution is 5.97. The van der Waals surface area contributed by atoms with Gasteiger partial charge in [0.05, 0.1) is 6.54 Å². The first-order valence-corrected chi connectivity index (χ1v) is 7.05. The van der Waals surface area contributed by atoms with Crippen molar-refractivity contribution in [3.8, 4) is 0 Å². The molecule has 1 aliphatic heterocycles. The van der Waals surface area contributed by atoms with Crippen LogP contribution in [0.5, 0.6) is 0 Å². The highest BCUT2D eigenvalue weighted by atomic mass is 16.2. The molecule has 0 radical (unpaired) electrons. The van der Waals surface area contributed by atoms with Crippen molar-refractivity contribution >= 4 is 11.8 Å². The zero-order valence-electron chi connectivity index (χ0n) is 11.7. The zero-order chi connectivity index (χ0) is 13.4. The second-order valence-electron chi connectivity index (χ2n) is 6.15. The Morgan fingerprint density at radius 1 is 1.28 bits per heavy atom. The van der Waals surface area contributed by atoms with Crippen LogP contribution in [0.3, 0.4) is 0 Å². The molecule has 2 fully saturated rings. The average Bonchev–Trinajstić information content (AvgIpc) is 3.06. The molecular formula is C14H24N2O2. The largest absolute Gasteiger partial charge is 0.340 e. The maximum atomic E-state index is 12.4. The van der Waals surface area contributed by atoms with Gasteiger partial charge in [0.15, 0.2) is 0 Å². The van der Waals surface area contributed by atoms with Crippen LogP contribution in [0.25, 0.3) is 0 Å². The van der Waals surface area contributed by atoms with Crippen molar-refractivity contribution < 1.29 is 9.59 Å². The summed E-state index contributed by atoms with van der Waals surface area (Å²) < 4.78 is 0. The molecule has 1 saturated heterocycles. The molecule has 0 aromatic heterocycles. The molecule has 1 saturated carbocycles. The fourth-order valence-corrected chi connectivity index (χ4v) is 2.96. The lowest BCUT2D eigenvalue weighted by Gasteiger charge is -2.40. The minimum Gasteiger partial charge on any atom is -0.340 e. The van der Waals surface area contributed by atoms with Crippen LogP contribution in [0, 0.1) is 5.41 Å². The first kappa shape index (κ1) is 13.4. The molecule has 2 aliphatic rings. The molecule has 1 aliphatic carbocycles. The third-order valence-corrected chi connectivity index (χ3v) is 4.48. The van der Waals surface area contributed by atoms with Gasteiger partial charge in [-0.1, -0.05) is 20.3 Å². The van der Waals surface area contributed by atoms with Gasteiger partial charge in [-0.3, -0.25) is 9.59 Å². The number of nitrogens with zero attached hydrogens (tertiary/aromatic N) is 1. The third kappa shape index (κ3) is 2.38. The SMILES string of the molecule is CCCC1(CN2CC(=O)NC(C)(CC)C2=O)CC1. The molecule has 2 rings (SSSR count). The van der Waals surface area contributed by atoms with E-state index in [1.165, 1.54) is 19.3 Å². The van der Waals surface area contributed by atoms with Crippen molar-refractivity contribution in [3.05, 3.63) is 0 Å². The molecule has 1 unspecified atom stereocenters. The molecule has 4 heteroatoms. The second-order valence-corrected chi connectivity index (χ2v) is 6.15. The smallest absolute Gasteiger partial charge is 0.248 e. The first-order valence-electron chi connectivity index (χ1n) is 7.05. The van der Waals surface area contributed by atoms with Crippen LogP contribution in [0.15, 0.2) is 0 Å². The Morgan fingerprint density at radius 2 is 1.94 bits per heavy atom. The van der Waals surface area contributed by atoms with Crippen molar-refractivity contribution in [2.45, 2.75) is 58.4 Å². The summed E-state index contributed by atoms with van der Waals surface area (Å²) in [5, 5.41) is 2.83. The quantitative estimate of drug-likeness (QED) is 0.809. The molecule has 1 N–H and O–H groups in total.